The van der Waals surface area contributed by atoms with Crippen molar-refractivity contribution in [2.75, 3.05) is 6.26 Å². The predicted molar refractivity (Wildman–Crippen MR) is 55.4 cm³/mol. The molecule has 0 saturated carbocycles. The minimum atomic E-state index is -3.17. The second-order valence-corrected chi connectivity index (χ2v) is 5.12. The molecule has 1 aromatic carbocycles. The summed E-state index contributed by atoms with van der Waals surface area (Å²) < 4.78 is 22.2. The van der Waals surface area contributed by atoms with E-state index in [1.54, 1.807) is 12.1 Å². The zero-order chi connectivity index (χ0) is 10.1. The number of benzene rings is 1. The Morgan fingerprint density at radius 3 is 2.54 bits per heavy atom. The SMILES string of the molecule is CS(=O)(=O)c1cccc(C(N)=S)c1. The molecule has 3 nitrogen and oxygen atoms in total. The van der Waals surface area contributed by atoms with Gasteiger partial charge in [0, 0.05) is 11.8 Å². The summed E-state index contributed by atoms with van der Waals surface area (Å²) in [6, 6.07) is 6.27. The fourth-order valence-corrected chi connectivity index (χ4v) is 1.67. The molecular formula is C8H9NO2S2. The fraction of sp³-hybridized carbons (Fsp3) is 0.125. The first-order chi connectivity index (χ1) is 5.91. The molecule has 5 heteroatoms. The Hall–Kier alpha value is -0.940. The monoisotopic (exact) mass is 215 g/mol. The summed E-state index contributed by atoms with van der Waals surface area (Å²) in [5.74, 6) is 0. The molecule has 1 rings (SSSR count). The normalized spacial score (nSPS) is 11.2. The summed E-state index contributed by atoms with van der Waals surface area (Å²) in [6.45, 7) is 0. The maximum Gasteiger partial charge on any atom is 0.175 e. The first kappa shape index (κ1) is 10.1. The van der Waals surface area contributed by atoms with E-state index in [0.29, 0.717) is 5.56 Å². The molecule has 13 heavy (non-hydrogen) atoms. The second-order valence-electron chi connectivity index (χ2n) is 2.66. The van der Waals surface area contributed by atoms with Crippen molar-refractivity contribution in [3.8, 4) is 0 Å². The molecule has 0 atom stereocenters. The van der Waals surface area contributed by atoms with E-state index in [4.69, 9.17) is 18.0 Å². The summed E-state index contributed by atoms with van der Waals surface area (Å²) in [6.07, 6.45) is 1.14. The molecule has 2 N–H and O–H groups in total. The van der Waals surface area contributed by atoms with Gasteiger partial charge in [0.25, 0.3) is 0 Å². The molecule has 0 aliphatic rings. The molecule has 0 amide bonds. The number of hydrogen-bond donors (Lipinski definition) is 1. The topological polar surface area (TPSA) is 60.2 Å². The van der Waals surface area contributed by atoms with Gasteiger partial charge in [-0.25, -0.2) is 8.42 Å². The van der Waals surface area contributed by atoms with E-state index >= 15 is 0 Å². The van der Waals surface area contributed by atoms with Gasteiger partial charge in [0.15, 0.2) is 9.84 Å². The van der Waals surface area contributed by atoms with Gasteiger partial charge in [0.1, 0.15) is 4.99 Å². The van der Waals surface area contributed by atoms with Gasteiger partial charge < -0.3 is 5.73 Å². The molecule has 0 fully saturated rings. The van der Waals surface area contributed by atoms with Gasteiger partial charge in [-0.05, 0) is 12.1 Å². The molecule has 0 unspecified atom stereocenters. The van der Waals surface area contributed by atoms with E-state index in [9.17, 15) is 8.42 Å². The third kappa shape index (κ3) is 2.50. The second kappa shape index (κ2) is 3.43. The van der Waals surface area contributed by atoms with Gasteiger partial charge in [0.2, 0.25) is 0 Å². The predicted octanol–water partition coefficient (Wildman–Crippen LogP) is 0.724. The highest BCUT2D eigenvalue weighted by Crippen LogP contribution is 2.10. The number of sulfone groups is 1. The van der Waals surface area contributed by atoms with Crippen LogP contribution < -0.4 is 5.73 Å². The quantitative estimate of drug-likeness (QED) is 0.739. The lowest BCUT2D eigenvalue weighted by Gasteiger charge is -2.01. The number of nitrogens with two attached hydrogens (primary N) is 1. The third-order valence-electron chi connectivity index (χ3n) is 1.55. The first-order valence-electron chi connectivity index (χ1n) is 3.51. The third-order valence-corrected chi connectivity index (χ3v) is 2.89. The van der Waals surface area contributed by atoms with Gasteiger partial charge in [-0.3, -0.25) is 0 Å². The Labute approximate surface area is 82.5 Å². The highest BCUT2D eigenvalue weighted by Gasteiger charge is 2.07. The molecule has 0 aliphatic heterocycles. The van der Waals surface area contributed by atoms with E-state index < -0.39 is 9.84 Å². The van der Waals surface area contributed by atoms with Crippen molar-refractivity contribution >= 4 is 27.0 Å². The van der Waals surface area contributed by atoms with Crippen LogP contribution in [0.5, 0.6) is 0 Å². The average molecular weight is 215 g/mol. The average Bonchev–Trinajstić information content (AvgIpc) is 2.03. The van der Waals surface area contributed by atoms with Crippen molar-refractivity contribution in [2.45, 2.75) is 4.90 Å². The van der Waals surface area contributed by atoms with Crippen molar-refractivity contribution in [1.29, 1.82) is 0 Å². The Bertz CT molecular complexity index is 437. The summed E-state index contributed by atoms with van der Waals surface area (Å²) in [5.41, 5.74) is 5.93. The number of rotatable bonds is 2. The standard InChI is InChI=1S/C8H9NO2S2/c1-13(10,11)7-4-2-3-6(5-7)8(9)12/h2-5H,1H3,(H2,9,12). The number of thiocarbonyl (C=S) groups is 1. The van der Waals surface area contributed by atoms with Crippen molar-refractivity contribution in [2.24, 2.45) is 5.73 Å². The molecule has 1 aromatic rings. The van der Waals surface area contributed by atoms with Crippen LogP contribution in [0.4, 0.5) is 0 Å². The zero-order valence-corrected chi connectivity index (χ0v) is 8.65. The van der Waals surface area contributed by atoms with Crippen LogP contribution in [-0.4, -0.2) is 19.7 Å². The van der Waals surface area contributed by atoms with Crippen molar-refractivity contribution in [3.63, 3.8) is 0 Å². The van der Waals surface area contributed by atoms with Crippen LogP contribution in [-0.2, 0) is 9.84 Å². The van der Waals surface area contributed by atoms with Gasteiger partial charge >= 0.3 is 0 Å². The molecule has 0 heterocycles. The van der Waals surface area contributed by atoms with E-state index in [1.165, 1.54) is 12.1 Å². The lowest BCUT2D eigenvalue weighted by Crippen LogP contribution is -2.10. The Balaban J connectivity index is 3.29. The fourth-order valence-electron chi connectivity index (χ4n) is 0.880. The molecule has 0 spiro atoms. The Morgan fingerprint density at radius 2 is 2.08 bits per heavy atom. The van der Waals surface area contributed by atoms with Crippen molar-refractivity contribution in [3.05, 3.63) is 29.8 Å². The lowest BCUT2D eigenvalue weighted by atomic mass is 10.2. The van der Waals surface area contributed by atoms with Crippen LogP contribution in [0.2, 0.25) is 0 Å². The highest BCUT2D eigenvalue weighted by molar-refractivity contribution is 7.90. The van der Waals surface area contributed by atoms with Gasteiger partial charge in [-0.2, -0.15) is 0 Å². The molecule has 0 saturated heterocycles. The maximum atomic E-state index is 11.1. The summed E-state index contributed by atoms with van der Waals surface area (Å²) >= 11 is 4.73. The minimum Gasteiger partial charge on any atom is -0.389 e. The van der Waals surface area contributed by atoms with Gasteiger partial charge in [-0.1, -0.05) is 24.4 Å². The Kier molecular flexibility index (Phi) is 2.68. The van der Waals surface area contributed by atoms with E-state index in [-0.39, 0.29) is 9.88 Å². The van der Waals surface area contributed by atoms with Crippen LogP contribution in [0.3, 0.4) is 0 Å². The minimum absolute atomic E-state index is 0.200. The lowest BCUT2D eigenvalue weighted by molar-refractivity contribution is 0.602. The van der Waals surface area contributed by atoms with Crippen LogP contribution in [0.15, 0.2) is 29.2 Å². The van der Waals surface area contributed by atoms with E-state index in [1.807, 2.05) is 0 Å². The molecule has 70 valence electrons. The Morgan fingerprint density at radius 1 is 1.46 bits per heavy atom. The largest absolute Gasteiger partial charge is 0.389 e. The van der Waals surface area contributed by atoms with E-state index in [2.05, 4.69) is 0 Å². The first-order valence-corrected chi connectivity index (χ1v) is 5.81. The van der Waals surface area contributed by atoms with Crippen LogP contribution in [0.25, 0.3) is 0 Å². The van der Waals surface area contributed by atoms with Crippen LogP contribution in [0.1, 0.15) is 5.56 Å². The number of hydrogen-bond acceptors (Lipinski definition) is 3. The van der Waals surface area contributed by atoms with Crippen LogP contribution >= 0.6 is 12.2 Å². The van der Waals surface area contributed by atoms with Gasteiger partial charge in [-0.15, -0.1) is 0 Å². The molecule has 0 bridgehead atoms. The molecule has 0 radical (unpaired) electrons. The van der Waals surface area contributed by atoms with Crippen molar-refractivity contribution < 1.29 is 8.42 Å². The zero-order valence-electron chi connectivity index (χ0n) is 7.02. The molecule has 0 aromatic heterocycles. The highest BCUT2D eigenvalue weighted by atomic mass is 32.2. The molecular weight excluding hydrogens is 206 g/mol. The summed E-state index contributed by atoms with van der Waals surface area (Å²) in [7, 11) is -3.17. The summed E-state index contributed by atoms with van der Waals surface area (Å²) in [5, 5.41) is 0. The van der Waals surface area contributed by atoms with Gasteiger partial charge in [0.05, 0.1) is 4.90 Å². The smallest absolute Gasteiger partial charge is 0.175 e. The summed E-state index contributed by atoms with van der Waals surface area (Å²) in [4.78, 5) is 0.434. The van der Waals surface area contributed by atoms with Crippen molar-refractivity contribution in [1.82, 2.24) is 0 Å². The molecule has 0 aliphatic carbocycles. The maximum absolute atomic E-state index is 11.1. The van der Waals surface area contributed by atoms with Crippen LogP contribution in [0, 0.1) is 0 Å². The van der Waals surface area contributed by atoms with E-state index in [0.717, 1.165) is 6.26 Å².